The van der Waals surface area contributed by atoms with E-state index in [4.69, 9.17) is 9.47 Å². The van der Waals surface area contributed by atoms with Gasteiger partial charge in [0, 0.05) is 24.6 Å². The van der Waals surface area contributed by atoms with Crippen molar-refractivity contribution in [2.24, 2.45) is 5.92 Å². The van der Waals surface area contributed by atoms with Gasteiger partial charge in [0.2, 0.25) is 5.91 Å². The number of ether oxygens (including phenoxy) is 2. The van der Waals surface area contributed by atoms with E-state index in [9.17, 15) is 9.90 Å². The van der Waals surface area contributed by atoms with Crippen molar-refractivity contribution in [1.82, 2.24) is 9.80 Å². The van der Waals surface area contributed by atoms with Gasteiger partial charge >= 0.3 is 0 Å². The topological polar surface area (TPSA) is 62.2 Å². The molecule has 0 aliphatic carbocycles. The Morgan fingerprint density at radius 3 is 2.76 bits per heavy atom. The number of hydrogen-bond acceptors (Lipinski definition) is 6. The van der Waals surface area contributed by atoms with Crippen molar-refractivity contribution in [2.45, 2.75) is 45.8 Å². The molecule has 0 bridgehead atoms. The Hall–Kier alpha value is -1.93. The first-order chi connectivity index (χ1) is 16.0. The van der Waals surface area contributed by atoms with Crippen LogP contribution in [0.1, 0.15) is 43.7 Å². The molecule has 0 fully saturated rings. The van der Waals surface area contributed by atoms with Gasteiger partial charge in [-0.2, -0.15) is 0 Å². The average Bonchev–Trinajstić information content (AvgIpc) is 3.27. The zero-order chi connectivity index (χ0) is 23.6. The van der Waals surface area contributed by atoms with Gasteiger partial charge in [-0.15, -0.1) is 11.3 Å². The predicted molar refractivity (Wildman–Crippen MR) is 133 cm³/mol. The Labute approximate surface area is 202 Å². The number of fused-ring (bicyclic) bond motifs is 1. The van der Waals surface area contributed by atoms with Crippen LogP contribution in [0.3, 0.4) is 0 Å². The van der Waals surface area contributed by atoms with E-state index in [2.05, 4.69) is 32.2 Å². The number of nitrogens with zero attached hydrogens (tertiary/aromatic N) is 2. The number of amides is 1. The van der Waals surface area contributed by atoms with E-state index in [0.29, 0.717) is 38.8 Å². The van der Waals surface area contributed by atoms with Crippen molar-refractivity contribution in [2.75, 3.05) is 46.0 Å². The zero-order valence-corrected chi connectivity index (χ0v) is 20.9. The number of carbonyl (C=O) groups is 1. The van der Waals surface area contributed by atoms with Crippen molar-refractivity contribution < 1.29 is 19.4 Å². The van der Waals surface area contributed by atoms with Crippen molar-refractivity contribution in [1.29, 1.82) is 0 Å². The normalized spacial score (nSPS) is 16.8. The van der Waals surface area contributed by atoms with Gasteiger partial charge in [0.15, 0.2) is 0 Å². The van der Waals surface area contributed by atoms with Gasteiger partial charge in [-0.1, -0.05) is 39.0 Å². The number of hydrogen-bond donors (Lipinski definition) is 1. The van der Waals surface area contributed by atoms with Gasteiger partial charge in [-0.05, 0) is 54.4 Å². The SMILES string of the molecule is CCCN(CC(=O)N1CCc2sccc2C1COc1ccccc1)CC(O)COCC(C)C. The maximum absolute atomic E-state index is 13.4. The van der Waals surface area contributed by atoms with Crippen molar-refractivity contribution in [3.8, 4) is 5.75 Å². The van der Waals surface area contributed by atoms with Crippen LogP contribution < -0.4 is 4.74 Å². The number of rotatable bonds is 13. The van der Waals surface area contributed by atoms with Crippen LogP contribution >= 0.6 is 11.3 Å². The molecule has 1 amide bonds. The molecule has 2 aromatic rings. The van der Waals surface area contributed by atoms with E-state index in [1.807, 2.05) is 40.1 Å². The van der Waals surface area contributed by atoms with Crippen LogP contribution in [0.5, 0.6) is 5.75 Å². The Morgan fingerprint density at radius 2 is 2.03 bits per heavy atom. The molecular weight excluding hydrogens is 436 g/mol. The second-order valence-corrected chi connectivity index (χ2v) is 10.1. The fourth-order valence-electron chi connectivity index (χ4n) is 4.19. The molecule has 0 saturated heterocycles. The van der Waals surface area contributed by atoms with E-state index >= 15 is 0 Å². The summed E-state index contributed by atoms with van der Waals surface area (Å²) in [6.45, 7) is 9.79. The first-order valence-corrected chi connectivity index (χ1v) is 12.9. The number of para-hydroxylation sites is 1. The van der Waals surface area contributed by atoms with Crippen molar-refractivity contribution in [3.63, 3.8) is 0 Å². The van der Waals surface area contributed by atoms with Crippen LogP contribution in [0, 0.1) is 5.92 Å². The summed E-state index contributed by atoms with van der Waals surface area (Å²) in [5, 5.41) is 12.5. The summed E-state index contributed by atoms with van der Waals surface area (Å²) in [4.78, 5) is 18.8. The second-order valence-electron chi connectivity index (χ2n) is 9.10. The van der Waals surface area contributed by atoms with Gasteiger partial charge < -0.3 is 19.5 Å². The van der Waals surface area contributed by atoms with Crippen LogP contribution in [-0.2, 0) is 16.0 Å². The first-order valence-electron chi connectivity index (χ1n) is 12.0. The smallest absolute Gasteiger partial charge is 0.237 e. The van der Waals surface area contributed by atoms with E-state index < -0.39 is 6.10 Å². The minimum atomic E-state index is -0.606. The van der Waals surface area contributed by atoms with Gasteiger partial charge in [-0.3, -0.25) is 9.69 Å². The lowest BCUT2D eigenvalue weighted by Gasteiger charge is -2.37. The van der Waals surface area contributed by atoms with Crippen molar-refractivity contribution in [3.05, 3.63) is 52.2 Å². The third kappa shape index (κ3) is 7.81. The van der Waals surface area contributed by atoms with Crippen LogP contribution in [0.25, 0.3) is 0 Å². The molecule has 0 saturated carbocycles. The van der Waals surface area contributed by atoms with Crippen LogP contribution in [-0.4, -0.2) is 72.9 Å². The molecule has 1 N–H and O–H groups in total. The molecule has 2 atom stereocenters. The number of aliphatic hydroxyl groups is 1. The molecule has 7 heteroatoms. The zero-order valence-electron chi connectivity index (χ0n) is 20.1. The summed E-state index contributed by atoms with van der Waals surface area (Å²) in [6, 6.07) is 11.8. The molecule has 2 unspecified atom stereocenters. The standard InChI is InChI=1S/C26H38N2O4S/c1-4-12-27(15-21(29)18-31-17-20(2)3)16-26(30)28-13-10-25-23(11-14-33-25)24(28)19-32-22-8-6-5-7-9-22/h5-9,11,14,20-21,24,29H,4,10,12-13,15-19H2,1-3H3. The molecule has 2 heterocycles. The minimum Gasteiger partial charge on any atom is -0.491 e. The quantitative estimate of drug-likeness (QED) is 0.476. The fraction of sp³-hybridized carbons (Fsp3) is 0.577. The molecule has 1 aromatic heterocycles. The van der Waals surface area contributed by atoms with Crippen LogP contribution in [0.15, 0.2) is 41.8 Å². The highest BCUT2D eigenvalue weighted by Gasteiger charge is 2.33. The third-order valence-corrected chi connectivity index (χ3v) is 6.69. The molecule has 1 aromatic carbocycles. The highest BCUT2D eigenvalue weighted by atomic mass is 32.1. The molecule has 33 heavy (non-hydrogen) atoms. The fourth-order valence-corrected chi connectivity index (χ4v) is 5.12. The average molecular weight is 475 g/mol. The monoisotopic (exact) mass is 474 g/mol. The first kappa shape index (κ1) is 25.7. The molecule has 0 spiro atoms. The number of thiophene rings is 1. The third-order valence-electron chi connectivity index (χ3n) is 5.70. The maximum Gasteiger partial charge on any atom is 0.237 e. The lowest BCUT2D eigenvalue weighted by Crippen LogP contribution is -2.48. The van der Waals surface area contributed by atoms with Gasteiger partial charge in [0.25, 0.3) is 0 Å². The summed E-state index contributed by atoms with van der Waals surface area (Å²) in [6.07, 6.45) is 1.19. The van der Waals surface area contributed by atoms with Crippen LogP contribution in [0.4, 0.5) is 0 Å². The van der Waals surface area contributed by atoms with Gasteiger partial charge in [0.1, 0.15) is 12.4 Å². The molecule has 182 valence electrons. The van der Waals surface area contributed by atoms with E-state index in [1.165, 1.54) is 10.4 Å². The lowest BCUT2D eigenvalue weighted by atomic mass is 10.0. The maximum atomic E-state index is 13.4. The molecule has 1 aliphatic rings. The number of carbonyl (C=O) groups excluding carboxylic acids is 1. The Bertz CT molecular complexity index is 842. The summed E-state index contributed by atoms with van der Waals surface area (Å²) in [7, 11) is 0. The lowest BCUT2D eigenvalue weighted by molar-refractivity contribution is -0.136. The molecule has 3 rings (SSSR count). The summed E-state index contributed by atoms with van der Waals surface area (Å²) in [5.41, 5.74) is 1.19. The largest absolute Gasteiger partial charge is 0.491 e. The molecule has 6 nitrogen and oxygen atoms in total. The van der Waals surface area contributed by atoms with E-state index in [-0.39, 0.29) is 18.5 Å². The Morgan fingerprint density at radius 1 is 1.24 bits per heavy atom. The summed E-state index contributed by atoms with van der Waals surface area (Å²) < 4.78 is 11.7. The predicted octanol–water partition coefficient (Wildman–Crippen LogP) is 4.00. The summed E-state index contributed by atoms with van der Waals surface area (Å²) >= 11 is 1.75. The summed E-state index contributed by atoms with van der Waals surface area (Å²) in [5.74, 6) is 1.32. The molecular formula is C26H38N2O4S. The highest BCUT2D eigenvalue weighted by Crippen LogP contribution is 2.34. The van der Waals surface area contributed by atoms with Gasteiger partial charge in [-0.25, -0.2) is 0 Å². The Kier molecular flexibility index (Phi) is 10.2. The highest BCUT2D eigenvalue weighted by molar-refractivity contribution is 7.10. The Balaban J connectivity index is 1.63. The number of aliphatic hydroxyl groups excluding tert-OH is 1. The second kappa shape index (κ2) is 13.1. The van der Waals surface area contributed by atoms with Crippen LogP contribution in [0.2, 0.25) is 0 Å². The minimum absolute atomic E-state index is 0.0808. The van der Waals surface area contributed by atoms with Crippen molar-refractivity contribution >= 4 is 17.2 Å². The van der Waals surface area contributed by atoms with Gasteiger partial charge in [0.05, 0.1) is 25.3 Å². The molecule has 1 aliphatic heterocycles. The molecule has 0 radical (unpaired) electrons. The number of benzene rings is 1. The van der Waals surface area contributed by atoms with E-state index in [0.717, 1.165) is 25.1 Å². The van der Waals surface area contributed by atoms with E-state index in [1.54, 1.807) is 11.3 Å².